The monoisotopic (exact) mass is 303 g/mol. The SMILES string of the molecule is C[C@]12CC[C@H](O)CC1=CCC1C2CC[C@]2(C)/C(=N\O)CCC12. The number of hydrogen-bond acceptors (Lipinski definition) is 3. The van der Waals surface area contributed by atoms with Crippen LogP contribution in [0.3, 0.4) is 0 Å². The second-order valence-electron chi connectivity index (χ2n) is 8.70. The first-order valence-electron chi connectivity index (χ1n) is 9.08. The highest BCUT2D eigenvalue weighted by molar-refractivity contribution is 5.92. The molecule has 4 aliphatic carbocycles. The molecule has 0 amide bonds. The molecule has 4 rings (SSSR count). The third kappa shape index (κ3) is 1.81. The number of allylic oxidation sites excluding steroid dienone is 1. The molecule has 3 unspecified atom stereocenters. The highest BCUT2D eigenvalue weighted by atomic mass is 16.4. The van der Waals surface area contributed by atoms with Crippen LogP contribution < -0.4 is 0 Å². The summed E-state index contributed by atoms with van der Waals surface area (Å²) >= 11 is 0. The number of hydrogen-bond donors (Lipinski definition) is 2. The Hall–Kier alpha value is -0.830. The van der Waals surface area contributed by atoms with Crippen molar-refractivity contribution in [2.24, 2.45) is 33.7 Å². The van der Waals surface area contributed by atoms with Gasteiger partial charge in [0.05, 0.1) is 11.8 Å². The van der Waals surface area contributed by atoms with Gasteiger partial charge in [-0.15, -0.1) is 0 Å². The maximum atomic E-state index is 10.0. The van der Waals surface area contributed by atoms with Crippen molar-refractivity contribution in [3.63, 3.8) is 0 Å². The van der Waals surface area contributed by atoms with Crippen LogP contribution in [0.2, 0.25) is 0 Å². The van der Waals surface area contributed by atoms with Gasteiger partial charge < -0.3 is 10.3 Å². The Morgan fingerprint density at radius 2 is 1.82 bits per heavy atom. The van der Waals surface area contributed by atoms with Crippen LogP contribution in [0.4, 0.5) is 0 Å². The molecule has 0 spiro atoms. The number of aliphatic hydroxyl groups excluding tert-OH is 1. The standard InChI is InChI=1S/C19H29NO2/c1-18-9-7-13(21)11-12(18)3-4-14-15-5-6-17(20-22)19(15,2)10-8-16(14)18/h3,13-16,21-22H,4-11H2,1-2H3/b20-17-/t13-,14?,15?,16?,18-,19-/m0/s1. The summed E-state index contributed by atoms with van der Waals surface area (Å²) in [6, 6.07) is 0. The Morgan fingerprint density at radius 1 is 1.09 bits per heavy atom. The molecule has 0 aromatic carbocycles. The summed E-state index contributed by atoms with van der Waals surface area (Å²) in [6.45, 7) is 4.79. The molecular weight excluding hydrogens is 274 g/mol. The third-order valence-electron chi connectivity index (χ3n) is 7.94. The van der Waals surface area contributed by atoms with Crippen molar-refractivity contribution < 1.29 is 10.3 Å². The molecule has 0 aromatic heterocycles. The molecule has 0 heterocycles. The lowest BCUT2D eigenvalue weighted by Crippen LogP contribution is -2.50. The van der Waals surface area contributed by atoms with E-state index in [0.717, 1.165) is 43.2 Å². The molecule has 0 saturated heterocycles. The molecule has 3 fully saturated rings. The van der Waals surface area contributed by atoms with Crippen LogP contribution in [0.5, 0.6) is 0 Å². The first-order chi connectivity index (χ1) is 10.5. The molecule has 2 N–H and O–H groups in total. The van der Waals surface area contributed by atoms with Crippen LogP contribution in [-0.4, -0.2) is 22.1 Å². The van der Waals surface area contributed by atoms with Crippen molar-refractivity contribution in [1.29, 1.82) is 0 Å². The van der Waals surface area contributed by atoms with Gasteiger partial charge >= 0.3 is 0 Å². The van der Waals surface area contributed by atoms with Crippen LogP contribution in [0.1, 0.15) is 65.2 Å². The Balaban J connectivity index is 1.69. The molecule has 0 radical (unpaired) electrons. The van der Waals surface area contributed by atoms with E-state index < -0.39 is 0 Å². The summed E-state index contributed by atoms with van der Waals surface area (Å²) in [5, 5.41) is 23.1. The number of fused-ring (bicyclic) bond motifs is 5. The van der Waals surface area contributed by atoms with Gasteiger partial charge in [0.25, 0.3) is 0 Å². The molecule has 22 heavy (non-hydrogen) atoms. The van der Waals surface area contributed by atoms with Crippen molar-refractivity contribution in [3.05, 3.63) is 11.6 Å². The predicted molar refractivity (Wildman–Crippen MR) is 86.9 cm³/mol. The van der Waals surface area contributed by atoms with Gasteiger partial charge in [0, 0.05) is 5.41 Å². The van der Waals surface area contributed by atoms with Crippen molar-refractivity contribution in [2.45, 2.75) is 71.3 Å². The minimum Gasteiger partial charge on any atom is -0.411 e. The minimum absolute atomic E-state index is 0.121. The average Bonchev–Trinajstić information content (AvgIpc) is 2.84. The zero-order valence-electron chi connectivity index (χ0n) is 13.9. The molecule has 0 aromatic rings. The largest absolute Gasteiger partial charge is 0.411 e. The number of oxime groups is 1. The Labute approximate surface area is 133 Å². The van der Waals surface area contributed by atoms with Crippen LogP contribution in [0.15, 0.2) is 16.8 Å². The first kappa shape index (κ1) is 14.7. The number of aliphatic hydroxyl groups is 1. The van der Waals surface area contributed by atoms with Crippen molar-refractivity contribution in [2.75, 3.05) is 0 Å². The molecule has 0 bridgehead atoms. The van der Waals surface area contributed by atoms with Crippen LogP contribution in [-0.2, 0) is 0 Å². The fraction of sp³-hybridized carbons (Fsp3) is 0.842. The van der Waals surface area contributed by atoms with E-state index in [2.05, 4.69) is 25.1 Å². The Morgan fingerprint density at radius 3 is 2.59 bits per heavy atom. The normalized spacial score (nSPS) is 52.7. The van der Waals surface area contributed by atoms with Gasteiger partial charge in [-0.1, -0.05) is 30.7 Å². The topological polar surface area (TPSA) is 52.8 Å². The van der Waals surface area contributed by atoms with Crippen molar-refractivity contribution >= 4 is 5.71 Å². The quantitative estimate of drug-likeness (QED) is 0.401. The summed E-state index contributed by atoms with van der Waals surface area (Å²) in [6.07, 6.45) is 11.1. The second-order valence-corrected chi connectivity index (χ2v) is 8.70. The van der Waals surface area contributed by atoms with Gasteiger partial charge in [-0.05, 0) is 74.5 Å². The molecule has 4 aliphatic rings. The van der Waals surface area contributed by atoms with Crippen LogP contribution in [0, 0.1) is 28.6 Å². The fourth-order valence-electron chi connectivity index (χ4n) is 6.59. The van der Waals surface area contributed by atoms with E-state index >= 15 is 0 Å². The lowest BCUT2D eigenvalue weighted by Gasteiger charge is -2.57. The summed E-state index contributed by atoms with van der Waals surface area (Å²) in [5.74, 6) is 2.18. The molecule has 3 nitrogen and oxygen atoms in total. The van der Waals surface area contributed by atoms with E-state index in [1.807, 2.05) is 0 Å². The van der Waals surface area contributed by atoms with E-state index in [1.165, 1.54) is 31.3 Å². The van der Waals surface area contributed by atoms with Crippen molar-refractivity contribution in [3.8, 4) is 0 Å². The highest BCUT2D eigenvalue weighted by Crippen LogP contribution is 2.64. The van der Waals surface area contributed by atoms with E-state index in [1.54, 1.807) is 0 Å². The third-order valence-corrected chi connectivity index (χ3v) is 7.94. The summed E-state index contributed by atoms with van der Waals surface area (Å²) < 4.78 is 0. The first-order valence-corrected chi connectivity index (χ1v) is 9.08. The van der Waals surface area contributed by atoms with E-state index in [9.17, 15) is 10.3 Å². The predicted octanol–water partition coefficient (Wildman–Crippen LogP) is 4.14. The van der Waals surface area contributed by atoms with Gasteiger partial charge in [-0.25, -0.2) is 0 Å². The molecule has 0 aliphatic heterocycles. The summed E-state index contributed by atoms with van der Waals surface area (Å²) in [4.78, 5) is 0. The lowest BCUT2D eigenvalue weighted by molar-refractivity contribution is -0.0213. The lowest BCUT2D eigenvalue weighted by atomic mass is 9.48. The van der Waals surface area contributed by atoms with Gasteiger partial charge in [0.1, 0.15) is 0 Å². The molecule has 3 heteroatoms. The van der Waals surface area contributed by atoms with E-state index in [-0.39, 0.29) is 11.5 Å². The number of nitrogens with zero attached hydrogens (tertiary/aromatic N) is 1. The maximum Gasteiger partial charge on any atom is 0.0632 e. The Bertz CT molecular complexity index is 540. The molecular formula is C19H29NO2. The zero-order chi connectivity index (χ0) is 15.5. The highest BCUT2D eigenvalue weighted by Gasteiger charge is 2.57. The van der Waals surface area contributed by atoms with Gasteiger partial charge in [-0.3, -0.25) is 0 Å². The van der Waals surface area contributed by atoms with E-state index in [0.29, 0.717) is 11.3 Å². The molecule has 122 valence electrons. The number of rotatable bonds is 0. The van der Waals surface area contributed by atoms with E-state index in [4.69, 9.17) is 0 Å². The minimum atomic E-state index is -0.121. The molecule has 6 atom stereocenters. The van der Waals surface area contributed by atoms with Gasteiger partial charge in [0.2, 0.25) is 0 Å². The Kier molecular flexibility index (Phi) is 3.24. The van der Waals surface area contributed by atoms with Gasteiger partial charge in [-0.2, -0.15) is 0 Å². The molecule has 3 saturated carbocycles. The average molecular weight is 303 g/mol. The summed E-state index contributed by atoms with van der Waals surface area (Å²) in [7, 11) is 0. The zero-order valence-corrected chi connectivity index (χ0v) is 13.9. The smallest absolute Gasteiger partial charge is 0.0632 e. The van der Waals surface area contributed by atoms with Crippen LogP contribution in [0.25, 0.3) is 0 Å². The summed E-state index contributed by atoms with van der Waals surface area (Å²) in [5.41, 5.74) is 3.02. The fourth-order valence-corrected chi connectivity index (χ4v) is 6.59. The van der Waals surface area contributed by atoms with Gasteiger partial charge in [0.15, 0.2) is 0 Å². The van der Waals surface area contributed by atoms with Crippen LogP contribution >= 0.6 is 0 Å². The maximum absolute atomic E-state index is 10.0. The second kappa shape index (κ2) is 4.83. The van der Waals surface area contributed by atoms with Crippen molar-refractivity contribution in [1.82, 2.24) is 0 Å².